The summed E-state index contributed by atoms with van der Waals surface area (Å²) in [5.41, 5.74) is -0.280. The van der Waals surface area contributed by atoms with Gasteiger partial charge in [-0.05, 0) is 79.1 Å². The highest BCUT2D eigenvalue weighted by Gasteiger charge is 2.69. The second-order valence-electron chi connectivity index (χ2n) is 15.4. The van der Waals surface area contributed by atoms with Crippen LogP contribution >= 0.6 is 0 Å². The fourth-order valence-electron chi connectivity index (χ4n) is 10.5. The van der Waals surface area contributed by atoms with Crippen LogP contribution in [0.15, 0.2) is 27.7 Å². The molecule has 0 spiro atoms. The van der Waals surface area contributed by atoms with Gasteiger partial charge >= 0.3 is 0 Å². The standard InChI is InChI=1S/C33H43N3O3/c1-19-35-36-27(39-19)30(5)12-11-29(4)13-14-33(8)25(21(29)17-30)22(37)15-24-31(6)16-20(18-34)26(38)28(2,3)23(31)9-10-32(24,33)7/h15-16,21,23,25H,9-14,17H2,1-8H3/t21-,23-,25-,29+,30-,31-,32+,33+/m0/s1. The van der Waals surface area contributed by atoms with Crippen LogP contribution in [-0.2, 0) is 15.0 Å². The van der Waals surface area contributed by atoms with Crippen molar-refractivity contribution < 1.29 is 14.0 Å². The van der Waals surface area contributed by atoms with Crippen molar-refractivity contribution in [3.63, 3.8) is 0 Å². The number of carbonyl (C=O) groups excluding carboxylic acids is 2. The minimum absolute atomic E-state index is 0.0610. The second kappa shape index (κ2) is 7.80. The number of hydrogen-bond donors (Lipinski definition) is 0. The van der Waals surface area contributed by atoms with Gasteiger partial charge in [-0.25, -0.2) is 0 Å². The monoisotopic (exact) mass is 529 g/mol. The molecule has 8 atom stereocenters. The highest BCUT2D eigenvalue weighted by atomic mass is 16.4. The molecule has 1 heterocycles. The van der Waals surface area contributed by atoms with Gasteiger partial charge in [-0.2, -0.15) is 5.26 Å². The zero-order chi connectivity index (χ0) is 28.4. The molecule has 5 aliphatic carbocycles. The number of nitrogens with zero attached hydrogens (tertiary/aromatic N) is 3. The van der Waals surface area contributed by atoms with Crippen LogP contribution in [0.5, 0.6) is 0 Å². The van der Waals surface area contributed by atoms with Crippen molar-refractivity contribution in [2.75, 3.05) is 0 Å². The zero-order valence-corrected chi connectivity index (χ0v) is 24.9. The summed E-state index contributed by atoms with van der Waals surface area (Å²) in [7, 11) is 0. The summed E-state index contributed by atoms with van der Waals surface area (Å²) in [6.07, 6.45) is 10.8. The van der Waals surface area contributed by atoms with E-state index in [0.29, 0.717) is 11.8 Å². The van der Waals surface area contributed by atoms with E-state index >= 15 is 0 Å². The van der Waals surface area contributed by atoms with Gasteiger partial charge in [0.15, 0.2) is 11.6 Å². The van der Waals surface area contributed by atoms with Gasteiger partial charge in [-0.1, -0.05) is 60.1 Å². The summed E-state index contributed by atoms with van der Waals surface area (Å²) in [4.78, 5) is 27.7. The van der Waals surface area contributed by atoms with Crippen LogP contribution in [0, 0.1) is 63.1 Å². The third-order valence-electron chi connectivity index (χ3n) is 13.1. The third kappa shape index (κ3) is 3.19. The highest BCUT2D eigenvalue weighted by molar-refractivity contribution is 6.04. The Labute approximate surface area is 232 Å². The summed E-state index contributed by atoms with van der Waals surface area (Å²) < 4.78 is 5.97. The molecule has 0 amide bonds. The van der Waals surface area contributed by atoms with Gasteiger partial charge in [0.05, 0.1) is 5.57 Å². The molecule has 6 rings (SSSR count). The smallest absolute Gasteiger partial charge is 0.222 e. The van der Waals surface area contributed by atoms with E-state index in [2.05, 4.69) is 50.9 Å². The number of rotatable bonds is 1. The molecule has 0 bridgehead atoms. The van der Waals surface area contributed by atoms with Crippen LogP contribution in [0.4, 0.5) is 0 Å². The molecule has 3 saturated carbocycles. The van der Waals surface area contributed by atoms with Crippen LogP contribution in [-0.4, -0.2) is 21.8 Å². The SMILES string of the molecule is Cc1nnc([C@@]2(C)CC[C@]3(C)CC[C@]4(C)[C@H](C(=O)C=C5[C@@]6(C)C=C(C#N)C(=O)C(C)(C)[C@@H]6CC[C@]54C)[C@@H]3C2)o1. The number of Topliss-reactive ketones (excluding diaryl/α,β-unsaturated/α-hetero) is 1. The molecule has 3 fully saturated rings. The molecule has 0 aliphatic heterocycles. The molecular formula is C33H43N3O3. The predicted molar refractivity (Wildman–Crippen MR) is 147 cm³/mol. The first-order valence-corrected chi connectivity index (χ1v) is 14.8. The molecule has 0 aromatic carbocycles. The first kappa shape index (κ1) is 26.7. The maximum Gasteiger partial charge on any atom is 0.222 e. The second-order valence-corrected chi connectivity index (χ2v) is 15.4. The number of carbonyl (C=O) groups is 2. The summed E-state index contributed by atoms with van der Waals surface area (Å²) in [6.45, 7) is 17.4. The van der Waals surface area contributed by atoms with Gasteiger partial charge in [0.25, 0.3) is 0 Å². The Hall–Kier alpha value is -2.55. The topological polar surface area (TPSA) is 96.9 Å². The van der Waals surface area contributed by atoms with Gasteiger partial charge in [-0.3, -0.25) is 9.59 Å². The molecular weight excluding hydrogens is 486 g/mol. The van der Waals surface area contributed by atoms with Crippen molar-refractivity contribution in [1.29, 1.82) is 5.26 Å². The Morgan fingerprint density at radius 1 is 0.974 bits per heavy atom. The van der Waals surface area contributed by atoms with Crippen molar-refractivity contribution in [1.82, 2.24) is 10.2 Å². The number of hydrogen-bond acceptors (Lipinski definition) is 6. The minimum Gasteiger partial charge on any atom is -0.425 e. The Balaban J connectivity index is 1.48. The summed E-state index contributed by atoms with van der Waals surface area (Å²) >= 11 is 0. The van der Waals surface area contributed by atoms with E-state index in [1.165, 1.54) is 0 Å². The Bertz CT molecular complexity index is 1390. The predicted octanol–water partition coefficient (Wildman–Crippen LogP) is 6.85. The molecule has 5 aliphatic rings. The lowest BCUT2D eigenvalue weighted by molar-refractivity contribution is -0.166. The van der Waals surface area contributed by atoms with Gasteiger partial charge in [0, 0.05) is 29.1 Å². The maximum absolute atomic E-state index is 14.5. The summed E-state index contributed by atoms with van der Waals surface area (Å²) in [6, 6.07) is 2.20. The number of aromatic nitrogens is 2. The van der Waals surface area contributed by atoms with E-state index < -0.39 is 10.8 Å². The van der Waals surface area contributed by atoms with Crippen LogP contribution in [0.25, 0.3) is 0 Å². The van der Waals surface area contributed by atoms with E-state index in [-0.39, 0.29) is 56.6 Å². The summed E-state index contributed by atoms with van der Waals surface area (Å²) in [5, 5.41) is 18.5. The van der Waals surface area contributed by atoms with Gasteiger partial charge in [0.2, 0.25) is 11.8 Å². The molecule has 39 heavy (non-hydrogen) atoms. The minimum atomic E-state index is -0.643. The number of fused-ring (bicyclic) bond motifs is 7. The van der Waals surface area contributed by atoms with Crippen molar-refractivity contribution >= 4 is 11.6 Å². The molecule has 1 aromatic rings. The van der Waals surface area contributed by atoms with Gasteiger partial charge in [-0.15, -0.1) is 10.2 Å². The van der Waals surface area contributed by atoms with Crippen molar-refractivity contribution in [2.24, 2.45) is 44.8 Å². The molecule has 0 N–H and O–H groups in total. The number of aryl methyl sites for hydroxylation is 1. The zero-order valence-electron chi connectivity index (χ0n) is 24.9. The highest BCUT2D eigenvalue weighted by Crippen LogP contribution is 2.74. The first-order valence-electron chi connectivity index (χ1n) is 14.8. The Kier molecular flexibility index (Phi) is 5.33. The molecule has 0 unspecified atom stereocenters. The van der Waals surface area contributed by atoms with Crippen LogP contribution in [0.3, 0.4) is 0 Å². The summed E-state index contributed by atoms with van der Waals surface area (Å²) in [5.74, 6) is 1.68. The fourth-order valence-corrected chi connectivity index (χ4v) is 10.5. The van der Waals surface area contributed by atoms with Crippen LogP contribution < -0.4 is 0 Å². The van der Waals surface area contributed by atoms with E-state index in [9.17, 15) is 14.9 Å². The van der Waals surface area contributed by atoms with E-state index in [1.807, 2.05) is 32.9 Å². The van der Waals surface area contributed by atoms with E-state index in [0.717, 1.165) is 50.5 Å². The largest absolute Gasteiger partial charge is 0.425 e. The third-order valence-corrected chi connectivity index (χ3v) is 13.1. The number of nitriles is 1. The fraction of sp³-hybridized carbons (Fsp3) is 0.727. The number of allylic oxidation sites excluding steroid dienone is 4. The maximum atomic E-state index is 14.5. The van der Waals surface area contributed by atoms with Gasteiger partial charge in [0.1, 0.15) is 6.07 Å². The van der Waals surface area contributed by atoms with Crippen LogP contribution in [0.2, 0.25) is 0 Å². The van der Waals surface area contributed by atoms with Crippen LogP contribution in [0.1, 0.15) is 105 Å². The van der Waals surface area contributed by atoms with Crippen molar-refractivity contribution in [3.8, 4) is 6.07 Å². The molecule has 6 nitrogen and oxygen atoms in total. The molecule has 0 radical (unpaired) electrons. The van der Waals surface area contributed by atoms with E-state index in [1.54, 1.807) is 0 Å². The average Bonchev–Trinajstić information content (AvgIpc) is 3.31. The average molecular weight is 530 g/mol. The van der Waals surface area contributed by atoms with Crippen molar-refractivity contribution in [2.45, 2.75) is 106 Å². The lowest BCUT2D eigenvalue weighted by atomic mass is 9.34. The molecule has 208 valence electrons. The number of ketones is 2. The Morgan fingerprint density at radius 3 is 2.31 bits per heavy atom. The lowest BCUT2D eigenvalue weighted by Crippen LogP contribution is -2.64. The lowest BCUT2D eigenvalue weighted by Gasteiger charge is -2.69. The molecule has 0 saturated heterocycles. The van der Waals surface area contributed by atoms with E-state index in [4.69, 9.17) is 4.42 Å². The molecule has 1 aromatic heterocycles. The normalized spacial score (nSPS) is 46.6. The van der Waals surface area contributed by atoms with Gasteiger partial charge < -0.3 is 4.42 Å². The Morgan fingerprint density at radius 2 is 1.67 bits per heavy atom. The van der Waals surface area contributed by atoms with Crippen molar-refractivity contribution in [3.05, 3.63) is 35.1 Å². The first-order chi connectivity index (χ1) is 18.1. The quantitative estimate of drug-likeness (QED) is 0.395. The molecule has 6 heteroatoms.